The average Bonchev–Trinajstić information content (AvgIpc) is 2.67. The molecule has 0 bridgehead atoms. The molecule has 0 fully saturated rings. The van der Waals surface area contributed by atoms with Crippen molar-refractivity contribution in [1.29, 1.82) is 0 Å². The Morgan fingerprint density at radius 1 is 0.786 bits per heavy atom. The predicted molar refractivity (Wildman–Crippen MR) is 109 cm³/mol. The summed E-state index contributed by atoms with van der Waals surface area (Å²) < 4.78 is 0. The number of nitrogens with one attached hydrogen (secondary N) is 2. The highest BCUT2D eigenvalue weighted by Gasteiger charge is 2.11. The second-order valence-electron chi connectivity index (χ2n) is 5.96. The van der Waals surface area contributed by atoms with Crippen LogP contribution in [0.1, 0.15) is 17.3 Å². The number of carbonyl (C=O) groups is 2. The van der Waals surface area contributed by atoms with E-state index in [0.717, 1.165) is 9.79 Å². The number of phenols is 2. The zero-order valence-corrected chi connectivity index (χ0v) is 15.8. The number of rotatable bonds is 5. The van der Waals surface area contributed by atoms with E-state index in [1.54, 1.807) is 48.5 Å². The molecule has 3 aromatic carbocycles. The van der Waals surface area contributed by atoms with Crippen LogP contribution < -0.4 is 10.6 Å². The highest BCUT2D eigenvalue weighted by Crippen LogP contribution is 2.36. The average molecular weight is 394 g/mol. The standard InChI is InChI=1S/C21H18N2O4S/c1-13(24)22-17-11-15(7-9-19(17)25)28-16-8-10-20(26)18(12-16)23-21(27)14-5-3-2-4-6-14/h2-12,25-26H,1H3,(H,22,24)(H,23,27). The summed E-state index contributed by atoms with van der Waals surface area (Å²) in [7, 11) is 0. The van der Waals surface area contributed by atoms with Crippen LogP contribution >= 0.6 is 11.8 Å². The summed E-state index contributed by atoms with van der Waals surface area (Å²) in [6.45, 7) is 1.36. The van der Waals surface area contributed by atoms with Crippen molar-refractivity contribution < 1.29 is 19.8 Å². The van der Waals surface area contributed by atoms with Gasteiger partial charge in [0, 0.05) is 22.3 Å². The van der Waals surface area contributed by atoms with Crippen LogP contribution in [0.4, 0.5) is 11.4 Å². The van der Waals surface area contributed by atoms with Gasteiger partial charge in [0.2, 0.25) is 5.91 Å². The van der Waals surface area contributed by atoms with Gasteiger partial charge in [-0.15, -0.1) is 0 Å². The van der Waals surface area contributed by atoms with Gasteiger partial charge in [-0.3, -0.25) is 9.59 Å². The minimum Gasteiger partial charge on any atom is -0.506 e. The molecule has 3 rings (SSSR count). The summed E-state index contributed by atoms with van der Waals surface area (Å²) in [5.74, 6) is -0.678. The molecule has 3 aromatic rings. The van der Waals surface area contributed by atoms with Crippen LogP contribution in [-0.4, -0.2) is 22.0 Å². The first kappa shape index (κ1) is 19.3. The molecule has 7 heteroatoms. The van der Waals surface area contributed by atoms with Crippen molar-refractivity contribution in [3.63, 3.8) is 0 Å². The summed E-state index contributed by atoms with van der Waals surface area (Å²) in [6.07, 6.45) is 0. The molecule has 0 saturated heterocycles. The fraction of sp³-hybridized carbons (Fsp3) is 0.0476. The van der Waals surface area contributed by atoms with Crippen LogP contribution in [0.15, 0.2) is 76.5 Å². The fourth-order valence-electron chi connectivity index (χ4n) is 2.47. The van der Waals surface area contributed by atoms with Crippen LogP contribution in [-0.2, 0) is 4.79 Å². The number of phenolic OH excluding ortho intramolecular Hbond substituents is 2. The van der Waals surface area contributed by atoms with E-state index < -0.39 is 0 Å². The highest BCUT2D eigenvalue weighted by molar-refractivity contribution is 7.99. The Hall–Kier alpha value is -3.45. The predicted octanol–water partition coefficient (Wildman–Crippen LogP) is 4.46. The normalized spacial score (nSPS) is 10.3. The van der Waals surface area contributed by atoms with Gasteiger partial charge in [0.1, 0.15) is 11.5 Å². The number of hydrogen-bond donors (Lipinski definition) is 4. The molecular weight excluding hydrogens is 376 g/mol. The number of amides is 2. The molecule has 28 heavy (non-hydrogen) atoms. The summed E-state index contributed by atoms with van der Waals surface area (Å²) in [6, 6.07) is 18.4. The van der Waals surface area contributed by atoms with E-state index in [0.29, 0.717) is 16.9 Å². The molecule has 0 aliphatic carbocycles. The maximum absolute atomic E-state index is 12.3. The highest BCUT2D eigenvalue weighted by atomic mass is 32.2. The second-order valence-corrected chi connectivity index (χ2v) is 7.11. The molecule has 0 heterocycles. The maximum atomic E-state index is 12.3. The smallest absolute Gasteiger partial charge is 0.255 e. The van der Waals surface area contributed by atoms with E-state index in [4.69, 9.17) is 0 Å². The molecule has 0 radical (unpaired) electrons. The summed E-state index contributed by atoms with van der Waals surface area (Å²) in [5, 5.41) is 25.2. The van der Waals surface area contributed by atoms with E-state index in [9.17, 15) is 19.8 Å². The Morgan fingerprint density at radius 3 is 1.86 bits per heavy atom. The van der Waals surface area contributed by atoms with Crippen LogP contribution in [0, 0.1) is 0 Å². The zero-order valence-electron chi connectivity index (χ0n) is 15.0. The molecule has 0 atom stereocenters. The topological polar surface area (TPSA) is 98.7 Å². The molecule has 6 nitrogen and oxygen atoms in total. The van der Waals surface area contributed by atoms with Crippen molar-refractivity contribution in [3.05, 3.63) is 72.3 Å². The molecule has 2 amide bonds. The molecule has 0 aliphatic heterocycles. The van der Waals surface area contributed by atoms with Gasteiger partial charge in [-0.1, -0.05) is 30.0 Å². The molecule has 0 spiro atoms. The summed E-state index contributed by atoms with van der Waals surface area (Å²) >= 11 is 1.36. The first-order valence-corrected chi connectivity index (χ1v) is 9.22. The second kappa shape index (κ2) is 8.49. The van der Waals surface area contributed by atoms with Gasteiger partial charge in [0.25, 0.3) is 5.91 Å². The third kappa shape index (κ3) is 4.83. The Labute approximate surface area is 166 Å². The van der Waals surface area contributed by atoms with Gasteiger partial charge < -0.3 is 20.8 Å². The van der Waals surface area contributed by atoms with Crippen molar-refractivity contribution in [3.8, 4) is 11.5 Å². The first-order chi connectivity index (χ1) is 13.4. The van der Waals surface area contributed by atoms with E-state index in [-0.39, 0.29) is 23.3 Å². The molecule has 0 unspecified atom stereocenters. The van der Waals surface area contributed by atoms with E-state index >= 15 is 0 Å². The number of benzene rings is 3. The minimum absolute atomic E-state index is 0.0268. The van der Waals surface area contributed by atoms with Gasteiger partial charge in [-0.25, -0.2) is 0 Å². The van der Waals surface area contributed by atoms with Gasteiger partial charge in [-0.05, 0) is 48.5 Å². The van der Waals surface area contributed by atoms with Gasteiger partial charge >= 0.3 is 0 Å². The lowest BCUT2D eigenvalue weighted by molar-refractivity contribution is -0.114. The van der Waals surface area contributed by atoms with Crippen LogP contribution in [0.25, 0.3) is 0 Å². The third-order valence-electron chi connectivity index (χ3n) is 3.77. The van der Waals surface area contributed by atoms with Gasteiger partial charge in [0.15, 0.2) is 0 Å². The first-order valence-electron chi connectivity index (χ1n) is 8.40. The van der Waals surface area contributed by atoms with Crippen molar-refractivity contribution >= 4 is 35.0 Å². The quantitative estimate of drug-likeness (QED) is 0.479. The molecular formula is C21H18N2O4S. The number of anilines is 2. The molecule has 4 N–H and O–H groups in total. The zero-order chi connectivity index (χ0) is 20.1. The lowest BCUT2D eigenvalue weighted by atomic mass is 10.2. The lowest BCUT2D eigenvalue weighted by Crippen LogP contribution is -2.11. The summed E-state index contributed by atoms with van der Waals surface area (Å²) in [4.78, 5) is 25.1. The largest absolute Gasteiger partial charge is 0.506 e. The Bertz CT molecular complexity index is 1020. The Balaban J connectivity index is 1.80. The molecule has 0 saturated carbocycles. The van der Waals surface area contributed by atoms with Gasteiger partial charge in [0.05, 0.1) is 11.4 Å². The number of hydrogen-bond acceptors (Lipinski definition) is 5. The monoisotopic (exact) mass is 394 g/mol. The number of carbonyl (C=O) groups excluding carboxylic acids is 2. The van der Waals surface area contributed by atoms with Crippen LogP contribution in [0.2, 0.25) is 0 Å². The SMILES string of the molecule is CC(=O)Nc1cc(Sc2ccc(O)c(NC(=O)c3ccccc3)c2)ccc1O. The van der Waals surface area contributed by atoms with Crippen LogP contribution in [0.3, 0.4) is 0 Å². The van der Waals surface area contributed by atoms with Crippen molar-refractivity contribution in [2.24, 2.45) is 0 Å². The lowest BCUT2D eigenvalue weighted by Gasteiger charge is -2.11. The molecule has 0 aromatic heterocycles. The third-order valence-corrected chi connectivity index (χ3v) is 4.75. The summed E-state index contributed by atoms with van der Waals surface area (Å²) in [5.41, 5.74) is 1.09. The van der Waals surface area contributed by atoms with E-state index in [1.807, 2.05) is 6.07 Å². The van der Waals surface area contributed by atoms with Crippen LogP contribution in [0.5, 0.6) is 11.5 Å². The van der Waals surface area contributed by atoms with Crippen molar-refractivity contribution in [2.45, 2.75) is 16.7 Å². The fourth-order valence-corrected chi connectivity index (χ4v) is 3.37. The Kier molecular flexibility index (Phi) is 5.86. The molecule has 142 valence electrons. The van der Waals surface area contributed by atoms with Crippen molar-refractivity contribution in [2.75, 3.05) is 10.6 Å². The maximum Gasteiger partial charge on any atom is 0.255 e. The van der Waals surface area contributed by atoms with E-state index in [1.165, 1.54) is 30.8 Å². The van der Waals surface area contributed by atoms with E-state index in [2.05, 4.69) is 10.6 Å². The number of aromatic hydroxyl groups is 2. The minimum atomic E-state index is -0.323. The Morgan fingerprint density at radius 2 is 1.32 bits per heavy atom. The van der Waals surface area contributed by atoms with Crippen molar-refractivity contribution in [1.82, 2.24) is 0 Å². The molecule has 0 aliphatic rings. The van der Waals surface area contributed by atoms with Gasteiger partial charge in [-0.2, -0.15) is 0 Å².